The summed E-state index contributed by atoms with van der Waals surface area (Å²) in [5.74, 6) is -15.2. The van der Waals surface area contributed by atoms with Crippen LogP contribution in [-0.2, 0) is 20.5 Å². The second-order valence-corrected chi connectivity index (χ2v) is 7.57. The summed E-state index contributed by atoms with van der Waals surface area (Å²) in [6.45, 7) is 2.20. The summed E-state index contributed by atoms with van der Waals surface area (Å²) in [6.07, 6.45) is 0. The highest BCUT2D eigenvalue weighted by atomic mass is 31.2. The smallest absolute Gasteiger partial charge is 0.459 e. The topological polar surface area (TPSA) is 84.9 Å². The van der Waals surface area contributed by atoms with Crippen LogP contribution in [0.1, 0.15) is 18.1 Å². The van der Waals surface area contributed by atoms with Crippen LogP contribution >= 0.6 is 7.75 Å². The van der Waals surface area contributed by atoms with E-state index in [1.165, 1.54) is 0 Å². The van der Waals surface area contributed by atoms with Gasteiger partial charge in [0.25, 0.3) is 0 Å². The number of nitrogens with one attached hydrogen (secondary N) is 1. The Bertz CT molecular complexity index is 958. The van der Waals surface area contributed by atoms with Gasteiger partial charge in [0.15, 0.2) is 0 Å². The first-order chi connectivity index (χ1) is 13.5. The number of carbonyl (C=O) groups is 1. The molecule has 2 aromatic carbocycles. The highest BCUT2D eigenvalue weighted by molar-refractivity contribution is 7.52. The average molecular weight is 439 g/mol. The fourth-order valence-corrected chi connectivity index (χ4v) is 3.57. The molecule has 29 heavy (non-hydrogen) atoms. The highest BCUT2D eigenvalue weighted by Crippen LogP contribution is 2.48. The zero-order valence-corrected chi connectivity index (χ0v) is 15.9. The van der Waals surface area contributed by atoms with Crippen molar-refractivity contribution in [3.05, 3.63) is 64.5 Å². The number of halogens is 5. The maximum Gasteiger partial charge on any atom is 0.459 e. The zero-order valence-electron chi connectivity index (χ0n) is 15.0. The molecule has 0 fully saturated rings. The Kier molecular flexibility index (Phi) is 6.99. The minimum absolute atomic E-state index is 0.457. The van der Waals surface area contributed by atoms with Gasteiger partial charge in [-0.1, -0.05) is 24.3 Å². The molecule has 12 heteroatoms. The molecule has 0 heterocycles. The number of benzene rings is 2. The summed E-state index contributed by atoms with van der Waals surface area (Å²) < 4.78 is 90.2. The first kappa shape index (κ1) is 22.8. The molecule has 0 amide bonds. The lowest BCUT2D eigenvalue weighted by molar-refractivity contribution is -0.138. The third kappa shape index (κ3) is 5.11. The van der Waals surface area contributed by atoms with Crippen molar-refractivity contribution < 1.29 is 45.5 Å². The summed E-state index contributed by atoms with van der Waals surface area (Å²) in [6, 6.07) is 4.91. The molecule has 0 aromatic heterocycles. The van der Waals surface area contributed by atoms with Crippen LogP contribution in [0.5, 0.6) is 5.75 Å². The van der Waals surface area contributed by atoms with Crippen molar-refractivity contribution in [2.75, 3.05) is 0 Å². The molecular formula is C17H15F5NO5P. The van der Waals surface area contributed by atoms with Gasteiger partial charge in [0.2, 0.25) is 34.8 Å². The number of carboxylic acid groups (broad SMARTS) is 1. The van der Waals surface area contributed by atoms with Crippen LogP contribution in [0.2, 0.25) is 0 Å². The summed E-state index contributed by atoms with van der Waals surface area (Å²) in [7, 11) is -4.91. The van der Waals surface area contributed by atoms with E-state index in [1.807, 2.05) is 5.09 Å². The molecule has 2 atom stereocenters. The van der Waals surface area contributed by atoms with Gasteiger partial charge in [-0.3, -0.25) is 9.32 Å². The van der Waals surface area contributed by atoms with Crippen LogP contribution in [0.15, 0.2) is 24.3 Å². The molecule has 0 bridgehead atoms. The van der Waals surface area contributed by atoms with E-state index in [1.54, 1.807) is 31.2 Å². The van der Waals surface area contributed by atoms with Crippen molar-refractivity contribution in [2.24, 2.45) is 0 Å². The molecule has 0 spiro atoms. The van der Waals surface area contributed by atoms with Crippen LogP contribution in [0.25, 0.3) is 0 Å². The van der Waals surface area contributed by atoms with Crippen molar-refractivity contribution in [2.45, 2.75) is 26.5 Å². The molecule has 0 radical (unpaired) electrons. The lowest BCUT2D eigenvalue weighted by Crippen LogP contribution is -2.33. The van der Waals surface area contributed by atoms with Crippen LogP contribution in [0.4, 0.5) is 22.0 Å². The minimum atomic E-state index is -4.91. The Morgan fingerprint density at radius 2 is 1.59 bits per heavy atom. The van der Waals surface area contributed by atoms with E-state index in [0.29, 0.717) is 11.1 Å². The van der Waals surface area contributed by atoms with Crippen LogP contribution < -0.4 is 9.61 Å². The second kappa shape index (κ2) is 8.89. The first-order valence-electron chi connectivity index (χ1n) is 7.97. The largest absolute Gasteiger partial charge is 0.480 e. The Labute approximate surface area is 161 Å². The van der Waals surface area contributed by atoms with Crippen LogP contribution in [-0.4, -0.2) is 17.1 Å². The molecule has 2 rings (SSSR count). The van der Waals surface area contributed by atoms with Gasteiger partial charge in [-0.25, -0.2) is 17.7 Å². The Morgan fingerprint density at radius 1 is 1.07 bits per heavy atom. The van der Waals surface area contributed by atoms with E-state index >= 15 is 0 Å². The van der Waals surface area contributed by atoms with Crippen molar-refractivity contribution >= 4 is 13.7 Å². The lowest BCUT2D eigenvalue weighted by Gasteiger charge is -2.23. The van der Waals surface area contributed by atoms with Crippen molar-refractivity contribution in [3.63, 3.8) is 0 Å². The monoisotopic (exact) mass is 439 g/mol. The van der Waals surface area contributed by atoms with E-state index in [-0.39, 0.29) is 0 Å². The first-order valence-corrected chi connectivity index (χ1v) is 9.52. The van der Waals surface area contributed by atoms with Crippen molar-refractivity contribution in [1.82, 2.24) is 5.09 Å². The molecule has 0 aliphatic rings. The van der Waals surface area contributed by atoms with E-state index in [0.717, 1.165) is 6.92 Å². The molecule has 2 aromatic rings. The minimum Gasteiger partial charge on any atom is -0.480 e. The summed E-state index contributed by atoms with van der Waals surface area (Å²) in [5, 5.41) is 10.8. The Balaban J connectivity index is 2.42. The van der Waals surface area contributed by atoms with Gasteiger partial charge in [-0.15, -0.1) is 0 Å². The Hall–Kier alpha value is -2.49. The van der Waals surface area contributed by atoms with Gasteiger partial charge in [0.05, 0.1) is 6.61 Å². The molecule has 158 valence electrons. The molecule has 2 N–H and O–H groups in total. The highest BCUT2D eigenvalue weighted by Gasteiger charge is 2.36. The van der Waals surface area contributed by atoms with E-state index in [2.05, 4.69) is 4.52 Å². The van der Waals surface area contributed by atoms with Crippen molar-refractivity contribution in [1.29, 1.82) is 0 Å². The molecule has 6 nitrogen and oxygen atoms in total. The maximum atomic E-state index is 13.9. The van der Waals surface area contributed by atoms with Crippen LogP contribution in [0.3, 0.4) is 0 Å². The molecule has 0 aliphatic heterocycles. The second-order valence-electron chi connectivity index (χ2n) is 5.88. The molecule has 0 saturated heterocycles. The number of aryl methyl sites for hydroxylation is 1. The standard InChI is InChI=1S/C17H15F5NO5P/c1-8-5-3-4-6-10(8)7-27-29(26,23-9(2)17(24)25)28-16-14(21)12(19)11(18)13(20)15(16)22/h3-6,9H,7H2,1-2H3,(H,23,26)(H,24,25)/t9-,29?/m0/s1. The number of hydrogen-bond donors (Lipinski definition) is 2. The third-order valence-electron chi connectivity index (χ3n) is 3.75. The maximum absolute atomic E-state index is 13.9. The van der Waals surface area contributed by atoms with Gasteiger partial charge in [-0.05, 0) is 25.0 Å². The van der Waals surface area contributed by atoms with Gasteiger partial charge in [0.1, 0.15) is 6.04 Å². The van der Waals surface area contributed by atoms with Gasteiger partial charge >= 0.3 is 13.7 Å². The van der Waals surface area contributed by atoms with Gasteiger partial charge in [0, 0.05) is 0 Å². The predicted molar refractivity (Wildman–Crippen MR) is 90.7 cm³/mol. The molecular weight excluding hydrogens is 424 g/mol. The van der Waals surface area contributed by atoms with E-state index in [9.17, 15) is 31.3 Å². The van der Waals surface area contributed by atoms with Crippen LogP contribution in [0, 0.1) is 36.0 Å². The Morgan fingerprint density at radius 3 is 2.10 bits per heavy atom. The van der Waals surface area contributed by atoms with Gasteiger partial charge in [-0.2, -0.15) is 13.9 Å². The SMILES string of the molecule is Cc1ccccc1COP(=O)(N[C@@H](C)C(=O)O)Oc1c(F)c(F)c(F)c(F)c1F. The molecule has 0 aliphatic carbocycles. The number of carboxylic acids is 1. The fraction of sp³-hybridized carbons (Fsp3) is 0.235. The third-order valence-corrected chi connectivity index (χ3v) is 5.35. The van der Waals surface area contributed by atoms with E-state index < -0.39 is 61.2 Å². The fourth-order valence-electron chi connectivity index (χ4n) is 2.09. The zero-order chi connectivity index (χ0) is 21.9. The molecule has 1 unspecified atom stereocenters. The number of hydrogen-bond acceptors (Lipinski definition) is 4. The average Bonchev–Trinajstić information content (AvgIpc) is 2.67. The molecule has 0 saturated carbocycles. The van der Waals surface area contributed by atoms with E-state index in [4.69, 9.17) is 9.63 Å². The normalized spacial score (nSPS) is 14.3. The summed E-state index contributed by atoms with van der Waals surface area (Å²) >= 11 is 0. The number of aliphatic carboxylic acids is 1. The predicted octanol–water partition coefficient (Wildman–Crippen LogP) is 4.46. The summed E-state index contributed by atoms with van der Waals surface area (Å²) in [4.78, 5) is 11.0. The van der Waals surface area contributed by atoms with Crippen molar-refractivity contribution in [3.8, 4) is 5.75 Å². The number of rotatable bonds is 8. The summed E-state index contributed by atoms with van der Waals surface area (Å²) in [5.41, 5.74) is 1.13. The lowest BCUT2D eigenvalue weighted by atomic mass is 10.1. The van der Waals surface area contributed by atoms with Gasteiger partial charge < -0.3 is 9.63 Å². The quantitative estimate of drug-likeness (QED) is 0.274.